The van der Waals surface area contributed by atoms with E-state index in [1.807, 2.05) is 64.8 Å². The van der Waals surface area contributed by atoms with Gasteiger partial charge in [-0.15, -0.1) is 0 Å². The number of benzene rings is 1. The smallest absolute Gasteiger partial charge is 0.328 e. The van der Waals surface area contributed by atoms with Crippen LogP contribution in [0, 0.1) is 6.92 Å². The lowest BCUT2D eigenvalue weighted by molar-refractivity contribution is -0.155. The Balaban J connectivity index is 2.78. The van der Waals surface area contributed by atoms with E-state index >= 15 is 0 Å². The van der Waals surface area contributed by atoms with Crippen molar-refractivity contribution >= 4 is 11.7 Å². The van der Waals surface area contributed by atoms with Crippen LogP contribution in [0.3, 0.4) is 0 Å². The highest BCUT2D eigenvalue weighted by Gasteiger charge is 2.24. The van der Waals surface area contributed by atoms with Gasteiger partial charge in [-0.3, -0.25) is 0 Å². The molecule has 1 rings (SSSR count). The zero-order valence-electron chi connectivity index (χ0n) is 12.2. The summed E-state index contributed by atoms with van der Waals surface area (Å²) < 4.78 is 5.39. The predicted octanol–water partition coefficient (Wildman–Crippen LogP) is 3.16. The van der Waals surface area contributed by atoms with Gasteiger partial charge >= 0.3 is 5.97 Å². The molecule has 0 radical (unpaired) electrons. The minimum absolute atomic E-state index is 0.202. The van der Waals surface area contributed by atoms with Crippen molar-refractivity contribution in [2.45, 2.75) is 46.3 Å². The summed E-state index contributed by atoms with van der Waals surface area (Å²) in [7, 11) is 1.91. The first-order valence-electron chi connectivity index (χ1n) is 6.23. The maximum Gasteiger partial charge on any atom is 0.328 e. The van der Waals surface area contributed by atoms with Gasteiger partial charge in [0.15, 0.2) is 0 Å². The molecule has 0 aliphatic heterocycles. The Morgan fingerprint density at radius 3 is 2.44 bits per heavy atom. The van der Waals surface area contributed by atoms with Crippen LogP contribution in [0.2, 0.25) is 0 Å². The van der Waals surface area contributed by atoms with Crippen molar-refractivity contribution in [1.29, 1.82) is 0 Å². The molecule has 0 amide bonds. The number of carbonyl (C=O) groups is 1. The number of hydrogen-bond acceptors (Lipinski definition) is 3. The monoisotopic (exact) mass is 249 g/mol. The molecule has 1 atom stereocenters. The fraction of sp³-hybridized carbons (Fsp3) is 0.533. The first-order chi connectivity index (χ1) is 8.20. The van der Waals surface area contributed by atoms with Crippen molar-refractivity contribution < 1.29 is 9.53 Å². The maximum absolute atomic E-state index is 12.0. The second kappa shape index (κ2) is 5.42. The van der Waals surface area contributed by atoms with E-state index in [0.29, 0.717) is 0 Å². The van der Waals surface area contributed by atoms with Gasteiger partial charge in [-0.25, -0.2) is 4.79 Å². The van der Waals surface area contributed by atoms with Gasteiger partial charge in [-0.2, -0.15) is 0 Å². The number of nitrogens with zero attached hydrogens (tertiary/aromatic N) is 1. The largest absolute Gasteiger partial charge is 0.458 e. The average molecular weight is 249 g/mol. The Kier molecular flexibility index (Phi) is 4.38. The van der Waals surface area contributed by atoms with Crippen molar-refractivity contribution in [3.8, 4) is 0 Å². The maximum atomic E-state index is 12.0. The van der Waals surface area contributed by atoms with Crippen LogP contribution in [0.1, 0.15) is 33.3 Å². The van der Waals surface area contributed by atoms with Crippen molar-refractivity contribution in [2.24, 2.45) is 0 Å². The SMILES string of the molecule is Cc1cccc(N(C)C(C)C(=O)OC(C)(C)C)c1. The van der Waals surface area contributed by atoms with E-state index in [0.717, 1.165) is 5.69 Å². The van der Waals surface area contributed by atoms with Crippen molar-refractivity contribution in [3.63, 3.8) is 0 Å². The summed E-state index contributed by atoms with van der Waals surface area (Å²) in [5, 5.41) is 0. The lowest BCUT2D eigenvalue weighted by Gasteiger charge is -2.29. The Hall–Kier alpha value is -1.51. The number of likely N-dealkylation sites (N-methyl/N-ethyl adjacent to an activating group) is 1. The third kappa shape index (κ3) is 4.06. The summed E-state index contributed by atoms with van der Waals surface area (Å²) in [6.45, 7) is 9.53. The predicted molar refractivity (Wildman–Crippen MR) is 74.9 cm³/mol. The standard InChI is InChI=1S/C15H23NO2/c1-11-8-7-9-13(10-11)16(6)12(2)14(17)18-15(3,4)5/h7-10,12H,1-6H3. The third-order valence-electron chi connectivity index (χ3n) is 2.74. The van der Waals surface area contributed by atoms with Crippen molar-refractivity contribution in [3.05, 3.63) is 29.8 Å². The molecule has 0 aromatic heterocycles. The fourth-order valence-electron chi connectivity index (χ4n) is 1.62. The quantitative estimate of drug-likeness (QED) is 0.771. The second-order valence-corrected chi connectivity index (χ2v) is 5.66. The molecule has 0 aliphatic carbocycles. The molecule has 1 aromatic rings. The molecule has 0 fully saturated rings. The molecule has 3 heteroatoms. The highest BCUT2D eigenvalue weighted by Crippen LogP contribution is 2.18. The van der Waals surface area contributed by atoms with Crippen LogP contribution in [0.15, 0.2) is 24.3 Å². The molecule has 3 nitrogen and oxygen atoms in total. The summed E-state index contributed by atoms with van der Waals surface area (Å²) in [6, 6.07) is 7.78. The van der Waals surface area contributed by atoms with E-state index in [2.05, 4.69) is 6.07 Å². The molecule has 0 saturated heterocycles. The molecule has 0 spiro atoms. The summed E-state index contributed by atoms with van der Waals surface area (Å²) >= 11 is 0. The van der Waals surface area contributed by atoms with Crippen LogP contribution in [0.25, 0.3) is 0 Å². The molecular formula is C15H23NO2. The Morgan fingerprint density at radius 1 is 1.33 bits per heavy atom. The average Bonchev–Trinajstić information content (AvgIpc) is 2.24. The summed E-state index contributed by atoms with van der Waals surface area (Å²) in [4.78, 5) is 13.9. The number of anilines is 1. The number of esters is 1. The van der Waals surface area contributed by atoms with Crippen molar-refractivity contribution in [2.75, 3.05) is 11.9 Å². The van der Waals surface area contributed by atoms with Gasteiger partial charge in [-0.05, 0) is 52.3 Å². The molecule has 18 heavy (non-hydrogen) atoms. The minimum atomic E-state index is -0.446. The van der Waals surface area contributed by atoms with Crippen molar-refractivity contribution in [1.82, 2.24) is 0 Å². The highest BCUT2D eigenvalue weighted by atomic mass is 16.6. The second-order valence-electron chi connectivity index (χ2n) is 5.66. The normalized spacial score (nSPS) is 13.0. The molecule has 1 aromatic carbocycles. The Bertz CT molecular complexity index is 421. The molecule has 0 heterocycles. The topological polar surface area (TPSA) is 29.5 Å². The van der Waals surface area contributed by atoms with Crippen LogP contribution < -0.4 is 4.90 Å². The molecule has 0 bridgehead atoms. The molecular weight excluding hydrogens is 226 g/mol. The number of hydrogen-bond donors (Lipinski definition) is 0. The first kappa shape index (κ1) is 14.6. The van der Waals surface area contributed by atoms with Gasteiger partial charge in [0.2, 0.25) is 0 Å². The van der Waals surface area contributed by atoms with E-state index in [9.17, 15) is 4.79 Å². The van der Waals surface area contributed by atoms with Gasteiger partial charge in [0, 0.05) is 12.7 Å². The van der Waals surface area contributed by atoms with Crippen LogP contribution >= 0.6 is 0 Å². The molecule has 0 saturated carbocycles. The number of carbonyl (C=O) groups excluding carboxylic acids is 1. The first-order valence-corrected chi connectivity index (χ1v) is 6.23. The summed E-state index contributed by atoms with van der Waals surface area (Å²) in [6.07, 6.45) is 0. The number of ether oxygens (including phenoxy) is 1. The lowest BCUT2D eigenvalue weighted by Crippen LogP contribution is -2.40. The lowest BCUT2D eigenvalue weighted by atomic mass is 10.1. The number of aryl methyl sites for hydroxylation is 1. The van der Waals surface area contributed by atoms with E-state index in [1.165, 1.54) is 5.56 Å². The van der Waals surface area contributed by atoms with Gasteiger partial charge in [0.25, 0.3) is 0 Å². The summed E-state index contributed by atoms with van der Waals surface area (Å²) in [5.74, 6) is -0.202. The van der Waals surface area contributed by atoms with Crippen LogP contribution in [-0.4, -0.2) is 24.7 Å². The van der Waals surface area contributed by atoms with Crippen LogP contribution in [0.5, 0.6) is 0 Å². The molecule has 1 unspecified atom stereocenters. The van der Waals surface area contributed by atoms with E-state index < -0.39 is 5.60 Å². The zero-order valence-corrected chi connectivity index (χ0v) is 12.2. The van der Waals surface area contributed by atoms with E-state index in [4.69, 9.17) is 4.74 Å². The number of rotatable bonds is 3. The van der Waals surface area contributed by atoms with Gasteiger partial charge in [0.1, 0.15) is 11.6 Å². The fourth-order valence-corrected chi connectivity index (χ4v) is 1.62. The van der Waals surface area contributed by atoms with Gasteiger partial charge in [-0.1, -0.05) is 12.1 Å². The molecule has 0 N–H and O–H groups in total. The minimum Gasteiger partial charge on any atom is -0.458 e. The summed E-state index contributed by atoms with van der Waals surface area (Å²) in [5.41, 5.74) is 1.75. The van der Waals surface area contributed by atoms with Gasteiger partial charge < -0.3 is 9.64 Å². The van der Waals surface area contributed by atoms with E-state index in [-0.39, 0.29) is 12.0 Å². The van der Waals surface area contributed by atoms with Crippen LogP contribution in [-0.2, 0) is 9.53 Å². The third-order valence-corrected chi connectivity index (χ3v) is 2.74. The zero-order chi connectivity index (χ0) is 13.9. The Labute approximate surface area is 110 Å². The molecule has 100 valence electrons. The van der Waals surface area contributed by atoms with Crippen LogP contribution in [0.4, 0.5) is 5.69 Å². The Morgan fingerprint density at radius 2 is 1.94 bits per heavy atom. The van der Waals surface area contributed by atoms with E-state index in [1.54, 1.807) is 0 Å². The van der Waals surface area contributed by atoms with Gasteiger partial charge in [0.05, 0.1) is 0 Å². The molecule has 0 aliphatic rings. The highest BCUT2D eigenvalue weighted by molar-refractivity contribution is 5.79.